The Hall–Kier alpha value is -2.01. The van der Waals surface area contributed by atoms with Crippen LogP contribution >= 0.6 is 11.3 Å². The Morgan fingerprint density at radius 1 is 1.44 bits per heavy atom. The van der Waals surface area contributed by atoms with E-state index in [2.05, 4.69) is 9.98 Å². The summed E-state index contributed by atoms with van der Waals surface area (Å²) in [5, 5.41) is 2.01. The molecule has 4 nitrogen and oxygen atoms in total. The van der Waals surface area contributed by atoms with Crippen molar-refractivity contribution in [1.82, 2.24) is 4.98 Å². The van der Waals surface area contributed by atoms with Gasteiger partial charge in [0, 0.05) is 23.1 Å². The zero-order valence-corrected chi connectivity index (χ0v) is 10.5. The van der Waals surface area contributed by atoms with Gasteiger partial charge < -0.3 is 4.74 Å². The molecule has 0 atom stereocenters. The fourth-order valence-electron chi connectivity index (χ4n) is 1.97. The average molecular weight is 258 g/mol. The van der Waals surface area contributed by atoms with Gasteiger partial charge in [0.1, 0.15) is 0 Å². The molecule has 0 saturated carbocycles. The molecule has 1 aliphatic rings. The largest absolute Gasteiger partial charge is 0.465 e. The van der Waals surface area contributed by atoms with E-state index in [4.69, 9.17) is 4.74 Å². The summed E-state index contributed by atoms with van der Waals surface area (Å²) in [5.74, 6) is 0.289. The minimum absolute atomic E-state index is 0.337. The molecule has 0 bridgehead atoms. The lowest BCUT2D eigenvalue weighted by Gasteiger charge is -2.03. The zero-order chi connectivity index (χ0) is 12.5. The third kappa shape index (κ3) is 1.73. The number of fused-ring (bicyclic) bond motifs is 1. The zero-order valence-electron chi connectivity index (χ0n) is 9.71. The molecule has 3 heterocycles. The Bertz CT molecular complexity index is 632. The molecule has 0 radical (unpaired) electrons. The first kappa shape index (κ1) is 11.1. The molecule has 0 N–H and O–H groups in total. The fourth-order valence-corrected chi connectivity index (χ4v) is 2.69. The van der Waals surface area contributed by atoms with Crippen LogP contribution in [0.3, 0.4) is 0 Å². The lowest BCUT2D eigenvalue weighted by atomic mass is 10.1. The van der Waals surface area contributed by atoms with E-state index in [1.807, 2.05) is 17.5 Å². The highest BCUT2D eigenvalue weighted by Gasteiger charge is 2.23. The molecule has 3 rings (SSSR count). The van der Waals surface area contributed by atoms with Gasteiger partial charge in [-0.25, -0.2) is 14.8 Å². The van der Waals surface area contributed by atoms with Crippen molar-refractivity contribution < 1.29 is 9.53 Å². The van der Waals surface area contributed by atoms with E-state index in [1.165, 1.54) is 7.11 Å². The maximum Gasteiger partial charge on any atom is 0.338 e. The normalized spacial score (nSPS) is 13.1. The minimum atomic E-state index is -0.337. The number of hydrogen-bond donors (Lipinski definition) is 0. The van der Waals surface area contributed by atoms with E-state index in [9.17, 15) is 4.79 Å². The van der Waals surface area contributed by atoms with Crippen molar-refractivity contribution in [2.24, 2.45) is 4.99 Å². The topological polar surface area (TPSA) is 51.5 Å². The van der Waals surface area contributed by atoms with E-state index in [0.717, 1.165) is 16.2 Å². The van der Waals surface area contributed by atoms with Crippen molar-refractivity contribution in [1.29, 1.82) is 0 Å². The SMILES string of the molecule is COC(=O)c1ccnc2c1CC(c1cccs1)=N2. The van der Waals surface area contributed by atoms with Gasteiger partial charge in [-0.05, 0) is 17.5 Å². The molecule has 2 aromatic rings. The third-order valence-electron chi connectivity index (χ3n) is 2.83. The van der Waals surface area contributed by atoms with Crippen LogP contribution in [-0.4, -0.2) is 23.8 Å². The van der Waals surface area contributed by atoms with Crippen molar-refractivity contribution in [2.75, 3.05) is 7.11 Å². The lowest BCUT2D eigenvalue weighted by molar-refractivity contribution is 0.0599. The Kier molecular flexibility index (Phi) is 2.68. The van der Waals surface area contributed by atoms with Crippen LogP contribution in [-0.2, 0) is 11.2 Å². The van der Waals surface area contributed by atoms with Crippen LogP contribution in [0.25, 0.3) is 0 Å². The van der Waals surface area contributed by atoms with Crippen LogP contribution in [0.5, 0.6) is 0 Å². The summed E-state index contributed by atoms with van der Waals surface area (Å²) in [4.78, 5) is 21.5. The number of ether oxygens (including phenoxy) is 1. The highest BCUT2D eigenvalue weighted by Crippen LogP contribution is 2.30. The summed E-state index contributed by atoms with van der Waals surface area (Å²) in [7, 11) is 1.38. The number of hydrogen-bond acceptors (Lipinski definition) is 5. The molecule has 18 heavy (non-hydrogen) atoms. The molecule has 1 aliphatic heterocycles. The van der Waals surface area contributed by atoms with Crippen LogP contribution < -0.4 is 0 Å². The van der Waals surface area contributed by atoms with Gasteiger partial charge in [-0.15, -0.1) is 11.3 Å². The lowest BCUT2D eigenvalue weighted by Crippen LogP contribution is -2.07. The second kappa shape index (κ2) is 4.34. The number of aliphatic imine (C=N–C) groups is 1. The number of esters is 1. The first-order chi connectivity index (χ1) is 8.79. The van der Waals surface area contributed by atoms with Crippen molar-refractivity contribution in [2.45, 2.75) is 6.42 Å². The molecule has 2 aromatic heterocycles. The molecule has 0 aromatic carbocycles. The monoisotopic (exact) mass is 258 g/mol. The molecular formula is C13H10N2O2S. The van der Waals surface area contributed by atoms with Crippen molar-refractivity contribution in [3.63, 3.8) is 0 Å². The number of nitrogens with zero attached hydrogens (tertiary/aromatic N) is 2. The predicted molar refractivity (Wildman–Crippen MR) is 69.8 cm³/mol. The summed E-state index contributed by atoms with van der Waals surface area (Å²) in [6, 6.07) is 5.69. The Balaban J connectivity index is 2.01. The van der Waals surface area contributed by atoms with E-state index >= 15 is 0 Å². The molecule has 0 saturated heterocycles. The Morgan fingerprint density at radius 3 is 3.06 bits per heavy atom. The average Bonchev–Trinajstić information content (AvgIpc) is 3.04. The molecule has 0 fully saturated rings. The summed E-state index contributed by atoms with van der Waals surface area (Å²) >= 11 is 1.64. The van der Waals surface area contributed by atoms with Crippen molar-refractivity contribution in [3.05, 3.63) is 45.8 Å². The maximum atomic E-state index is 11.7. The van der Waals surface area contributed by atoms with E-state index < -0.39 is 0 Å². The van der Waals surface area contributed by atoms with Gasteiger partial charge in [0.25, 0.3) is 0 Å². The summed E-state index contributed by atoms with van der Waals surface area (Å²) in [6.07, 6.45) is 2.22. The molecule has 0 aliphatic carbocycles. The molecule has 90 valence electrons. The van der Waals surface area contributed by atoms with Gasteiger partial charge in [-0.3, -0.25) is 0 Å². The van der Waals surface area contributed by atoms with Gasteiger partial charge in [-0.2, -0.15) is 0 Å². The molecule has 0 amide bonds. The van der Waals surface area contributed by atoms with Crippen LogP contribution in [0, 0.1) is 0 Å². The standard InChI is InChI=1S/C13H10N2O2S/c1-17-13(16)8-4-5-14-12-9(8)7-10(15-12)11-3-2-6-18-11/h2-6H,7H2,1H3. The van der Waals surface area contributed by atoms with Gasteiger partial charge in [0.2, 0.25) is 0 Å². The second-order valence-corrected chi connectivity index (χ2v) is 4.81. The van der Waals surface area contributed by atoms with Gasteiger partial charge in [0.05, 0.1) is 18.4 Å². The molecule has 0 spiro atoms. The highest BCUT2D eigenvalue weighted by atomic mass is 32.1. The second-order valence-electron chi connectivity index (χ2n) is 3.86. The number of aromatic nitrogens is 1. The number of thiophene rings is 1. The fraction of sp³-hybridized carbons (Fsp3) is 0.154. The Morgan fingerprint density at radius 2 is 2.33 bits per heavy atom. The summed E-state index contributed by atoms with van der Waals surface area (Å²) in [6.45, 7) is 0. The van der Waals surface area contributed by atoms with Gasteiger partial charge >= 0.3 is 5.97 Å². The number of methoxy groups -OCH3 is 1. The van der Waals surface area contributed by atoms with Crippen LogP contribution in [0.15, 0.2) is 34.8 Å². The van der Waals surface area contributed by atoms with E-state index in [1.54, 1.807) is 23.6 Å². The number of carbonyl (C=O) groups is 1. The number of rotatable bonds is 2. The minimum Gasteiger partial charge on any atom is -0.465 e. The van der Waals surface area contributed by atoms with Crippen LogP contribution in [0.4, 0.5) is 5.82 Å². The molecule has 5 heteroatoms. The highest BCUT2D eigenvalue weighted by molar-refractivity contribution is 7.12. The number of carbonyl (C=O) groups excluding carboxylic acids is 1. The smallest absolute Gasteiger partial charge is 0.338 e. The number of pyridine rings is 1. The first-order valence-electron chi connectivity index (χ1n) is 5.47. The van der Waals surface area contributed by atoms with Gasteiger partial charge in [0.15, 0.2) is 5.82 Å². The predicted octanol–water partition coefficient (Wildman–Crippen LogP) is 2.61. The first-order valence-corrected chi connectivity index (χ1v) is 6.35. The van der Waals surface area contributed by atoms with Crippen molar-refractivity contribution >= 4 is 28.8 Å². The quantitative estimate of drug-likeness (QED) is 0.778. The van der Waals surface area contributed by atoms with E-state index in [0.29, 0.717) is 17.8 Å². The van der Waals surface area contributed by atoms with Crippen molar-refractivity contribution in [3.8, 4) is 0 Å². The van der Waals surface area contributed by atoms with Crippen LogP contribution in [0.2, 0.25) is 0 Å². The van der Waals surface area contributed by atoms with Crippen LogP contribution in [0.1, 0.15) is 20.8 Å². The molecule has 0 unspecified atom stereocenters. The maximum absolute atomic E-state index is 11.7. The molecular weight excluding hydrogens is 248 g/mol. The third-order valence-corrected chi connectivity index (χ3v) is 3.75. The Labute approximate surface area is 108 Å². The summed E-state index contributed by atoms with van der Waals surface area (Å²) < 4.78 is 4.77. The van der Waals surface area contributed by atoms with Gasteiger partial charge in [-0.1, -0.05) is 6.07 Å². The van der Waals surface area contributed by atoms with E-state index in [-0.39, 0.29) is 5.97 Å². The summed E-state index contributed by atoms with van der Waals surface area (Å²) in [5.41, 5.74) is 2.37.